The molecule has 150 valence electrons. The summed E-state index contributed by atoms with van der Waals surface area (Å²) in [6.45, 7) is 3.31. The number of nitrogens with zero attached hydrogens (tertiary/aromatic N) is 4. The summed E-state index contributed by atoms with van der Waals surface area (Å²) < 4.78 is 27.7. The predicted octanol–water partition coefficient (Wildman–Crippen LogP) is 4.01. The highest BCUT2D eigenvalue weighted by atomic mass is 35.5. The maximum atomic E-state index is 14.0. The van der Waals surface area contributed by atoms with E-state index < -0.39 is 11.6 Å². The monoisotopic (exact) mass is 434 g/mol. The molecule has 1 aliphatic rings. The lowest BCUT2D eigenvalue weighted by molar-refractivity contribution is 0.574. The zero-order valence-electron chi connectivity index (χ0n) is 15.5. The molecule has 3 N–H and O–H groups in total. The minimum atomic E-state index is -0.919. The summed E-state index contributed by atoms with van der Waals surface area (Å²) >= 11 is 7.49. The van der Waals surface area contributed by atoms with Crippen molar-refractivity contribution < 1.29 is 8.78 Å². The second-order valence-electron chi connectivity index (χ2n) is 6.79. The topological polar surface area (TPSA) is 94.6 Å². The number of hydrogen-bond donors (Lipinski definition) is 2. The fourth-order valence-electron chi connectivity index (χ4n) is 3.41. The van der Waals surface area contributed by atoms with Gasteiger partial charge < -0.3 is 15.6 Å². The first kappa shape index (κ1) is 19.9. The summed E-state index contributed by atoms with van der Waals surface area (Å²) in [5.74, 6) is -1.06. The maximum absolute atomic E-state index is 14.0. The zero-order chi connectivity index (χ0) is 20.7. The molecule has 6 nitrogen and oxygen atoms in total. The summed E-state index contributed by atoms with van der Waals surface area (Å²) in [6, 6.07) is 3.59. The average molecular weight is 435 g/mol. The van der Waals surface area contributed by atoms with Gasteiger partial charge in [-0.1, -0.05) is 18.5 Å². The molecule has 0 spiro atoms. The van der Waals surface area contributed by atoms with Gasteiger partial charge in [0, 0.05) is 35.8 Å². The van der Waals surface area contributed by atoms with Crippen molar-refractivity contribution in [2.75, 3.05) is 18.0 Å². The van der Waals surface area contributed by atoms with Crippen LogP contribution in [-0.4, -0.2) is 34.1 Å². The van der Waals surface area contributed by atoms with Crippen molar-refractivity contribution in [2.24, 2.45) is 5.73 Å². The number of halogens is 3. The fraction of sp³-hybridized carbons (Fsp3) is 0.316. The molecule has 0 amide bonds. The highest BCUT2D eigenvalue weighted by Gasteiger charge is 2.26. The first-order valence-electron chi connectivity index (χ1n) is 9.06. The van der Waals surface area contributed by atoms with Gasteiger partial charge in [-0.25, -0.2) is 18.7 Å². The first-order valence-corrected chi connectivity index (χ1v) is 10.3. The van der Waals surface area contributed by atoms with Crippen LogP contribution < -0.4 is 10.6 Å². The molecule has 1 fully saturated rings. The van der Waals surface area contributed by atoms with Crippen LogP contribution >= 0.6 is 23.4 Å². The van der Waals surface area contributed by atoms with Crippen LogP contribution in [0.2, 0.25) is 5.02 Å². The van der Waals surface area contributed by atoms with Gasteiger partial charge in [0.15, 0.2) is 5.16 Å². The van der Waals surface area contributed by atoms with Gasteiger partial charge in [0.25, 0.3) is 0 Å². The lowest BCUT2D eigenvalue weighted by Gasteiger charge is -2.18. The van der Waals surface area contributed by atoms with E-state index >= 15 is 0 Å². The first-order chi connectivity index (χ1) is 13.9. The van der Waals surface area contributed by atoms with Crippen molar-refractivity contribution in [3.05, 3.63) is 40.0 Å². The largest absolute Gasteiger partial charge is 0.354 e. The Morgan fingerprint density at radius 1 is 1.41 bits per heavy atom. The number of anilines is 1. The third-order valence-corrected chi connectivity index (χ3v) is 6.16. The molecule has 4 rings (SSSR count). The fourth-order valence-corrected chi connectivity index (χ4v) is 4.64. The van der Waals surface area contributed by atoms with Crippen molar-refractivity contribution in [1.82, 2.24) is 15.0 Å². The second kappa shape index (κ2) is 7.78. The van der Waals surface area contributed by atoms with Crippen LogP contribution in [-0.2, 0) is 6.42 Å². The van der Waals surface area contributed by atoms with E-state index in [1.54, 1.807) is 6.07 Å². The molecular formula is C19H17ClF2N6S. The van der Waals surface area contributed by atoms with Gasteiger partial charge in [-0.15, -0.1) is 0 Å². The Labute approximate surface area is 175 Å². The molecular weight excluding hydrogens is 418 g/mol. The molecule has 1 saturated heterocycles. The SMILES string of the molecule is CCc1[nH]c2nc(Sc3cc(F)cc(F)c3C#N)nc(N3CC[C@H](N)C3)c2c1Cl. The molecule has 10 heteroatoms. The molecule has 29 heavy (non-hydrogen) atoms. The quantitative estimate of drug-likeness (QED) is 0.602. The Balaban J connectivity index is 1.85. The van der Waals surface area contributed by atoms with E-state index in [1.807, 2.05) is 11.8 Å². The van der Waals surface area contributed by atoms with Crippen LogP contribution in [0.3, 0.4) is 0 Å². The summed E-state index contributed by atoms with van der Waals surface area (Å²) in [6.07, 6.45) is 1.51. The van der Waals surface area contributed by atoms with Crippen molar-refractivity contribution >= 4 is 40.2 Å². The molecule has 0 radical (unpaired) electrons. The molecule has 0 unspecified atom stereocenters. The Hall–Kier alpha value is -2.41. The molecule has 2 aromatic heterocycles. The van der Waals surface area contributed by atoms with E-state index in [-0.39, 0.29) is 21.7 Å². The average Bonchev–Trinajstić information content (AvgIpc) is 3.24. The number of fused-ring (bicyclic) bond motifs is 1. The van der Waals surface area contributed by atoms with E-state index in [0.29, 0.717) is 40.9 Å². The smallest absolute Gasteiger partial charge is 0.196 e. The van der Waals surface area contributed by atoms with Crippen LogP contribution in [0.15, 0.2) is 22.2 Å². The predicted molar refractivity (Wildman–Crippen MR) is 108 cm³/mol. The van der Waals surface area contributed by atoms with Crippen molar-refractivity contribution in [3.8, 4) is 6.07 Å². The highest BCUT2D eigenvalue weighted by molar-refractivity contribution is 7.99. The van der Waals surface area contributed by atoms with Gasteiger partial charge in [0.05, 0.1) is 10.4 Å². The van der Waals surface area contributed by atoms with Crippen molar-refractivity contribution in [2.45, 2.75) is 35.9 Å². The minimum Gasteiger partial charge on any atom is -0.354 e. The summed E-state index contributed by atoms with van der Waals surface area (Å²) in [5.41, 5.74) is 7.18. The van der Waals surface area contributed by atoms with Gasteiger partial charge in [-0.05, 0) is 30.7 Å². The van der Waals surface area contributed by atoms with E-state index in [0.717, 1.165) is 36.5 Å². The van der Waals surface area contributed by atoms with Crippen molar-refractivity contribution in [3.63, 3.8) is 0 Å². The molecule has 3 heterocycles. The number of nitrogens with one attached hydrogen (secondary N) is 1. The summed E-state index contributed by atoms with van der Waals surface area (Å²) in [5, 5.41) is 10.8. The zero-order valence-corrected chi connectivity index (χ0v) is 17.0. The second-order valence-corrected chi connectivity index (χ2v) is 8.18. The van der Waals surface area contributed by atoms with E-state index in [1.165, 1.54) is 0 Å². The Kier molecular flexibility index (Phi) is 5.34. The molecule has 0 aliphatic carbocycles. The van der Waals surface area contributed by atoms with Crippen LogP contribution in [0.25, 0.3) is 11.0 Å². The Morgan fingerprint density at radius 2 is 2.21 bits per heavy atom. The number of rotatable bonds is 4. The highest BCUT2D eigenvalue weighted by Crippen LogP contribution is 2.38. The van der Waals surface area contributed by atoms with Crippen LogP contribution in [0.5, 0.6) is 0 Å². The van der Waals surface area contributed by atoms with Gasteiger partial charge in [0.2, 0.25) is 0 Å². The molecule has 3 aromatic rings. The number of aromatic amines is 1. The number of nitriles is 1. The number of benzene rings is 1. The summed E-state index contributed by atoms with van der Waals surface area (Å²) in [7, 11) is 0. The van der Waals surface area contributed by atoms with E-state index in [4.69, 9.17) is 17.3 Å². The number of nitrogens with two attached hydrogens (primary N) is 1. The summed E-state index contributed by atoms with van der Waals surface area (Å²) in [4.78, 5) is 14.5. The van der Waals surface area contributed by atoms with Crippen molar-refractivity contribution in [1.29, 1.82) is 5.26 Å². The van der Waals surface area contributed by atoms with Crippen LogP contribution in [0.4, 0.5) is 14.6 Å². The van der Waals surface area contributed by atoms with Crippen LogP contribution in [0, 0.1) is 23.0 Å². The standard InChI is InChI=1S/C19H17ClF2N6S/c1-2-13-16(20)15-17(25-13)26-19(27-18(15)28-4-3-10(24)8-28)29-14-6-9(21)5-12(22)11(14)7-23/h5-6,10H,2-4,8,24H2,1H3,(H,25,26,27)/t10-/m0/s1. The number of H-pyrrole nitrogens is 1. The normalized spacial score (nSPS) is 16.6. The minimum absolute atomic E-state index is 0.0296. The third kappa shape index (κ3) is 3.64. The van der Waals surface area contributed by atoms with E-state index in [9.17, 15) is 14.0 Å². The van der Waals surface area contributed by atoms with Crippen LogP contribution in [0.1, 0.15) is 24.6 Å². The van der Waals surface area contributed by atoms with Gasteiger partial charge >= 0.3 is 0 Å². The Bertz CT molecular complexity index is 1140. The lowest BCUT2D eigenvalue weighted by Crippen LogP contribution is -2.27. The van der Waals surface area contributed by atoms with E-state index in [2.05, 4.69) is 15.0 Å². The molecule has 1 aromatic carbocycles. The molecule has 0 bridgehead atoms. The number of hydrogen-bond acceptors (Lipinski definition) is 6. The van der Waals surface area contributed by atoms with Gasteiger partial charge in [-0.3, -0.25) is 0 Å². The number of aryl methyl sites for hydroxylation is 1. The lowest BCUT2D eigenvalue weighted by atomic mass is 10.2. The molecule has 1 atom stereocenters. The Morgan fingerprint density at radius 3 is 2.86 bits per heavy atom. The molecule has 1 aliphatic heterocycles. The van der Waals surface area contributed by atoms with Gasteiger partial charge in [0.1, 0.15) is 34.7 Å². The third-order valence-electron chi connectivity index (χ3n) is 4.83. The molecule has 0 saturated carbocycles. The maximum Gasteiger partial charge on any atom is 0.196 e. The number of aromatic nitrogens is 3. The van der Waals surface area contributed by atoms with Gasteiger partial charge in [-0.2, -0.15) is 5.26 Å².